The molecule has 0 unspecified atom stereocenters. The van der Waals surface area contributed by atoms with E-state index in [-0.39, 0.29) is 4.90 Å². The Morgan fingerprint density at radius 3 is 2.29 bits per heavy atom. The van der Waals surface area contributed by atoms with Gasteiger partial charge in [-0.05, 0) is 67.9 Å². The van der Waals surface area contributed by atoms with Gasteiger partial charge in [0.25, 0.3) is 10.0 Å². The van der Waals surface area contributed by atoms with Gasteiger partial charge in [0.2, 0.25) is 5.91 Å². The summed E-state index contributed by atoms with van der Waals surface area (Å²) >= 11 is 0. The van der Waals surface area contributed by atoms with Gasteiger partial charge in [-0.15, -0.1) is 0 Å². The van der Waals surface area contributed by atoms with Crippen LogP contribution in [-0.2, 0) is 14.8 Å². The Hall–Kier alpha value is -3.45. The minimum atomic E-state index is -4.10. The SMILES string of the molecule is C=C(C)c1cccc(NC(=O)CN(c2ccc(C)cc2)S(=O)(=O)c2ccc(F)cc2)c1. The summed E-state index contributed by atoms with van der Waals surface area (Å²) in [6, 6.07) is 18.4. The second-order valence-corrected chi connectivity index (χ2v) is 9.07. The standard InChI is InChI=1S/C24H23FN2O3S/c1-17(2)19-5-4-6-21(15-19)26-24(28)16-27(22-11-7-18(3)8-12-22)31(29,30)23-13-9-20(25)10-14-23/h4-15H,1,16H2,2-3H3,(H,26,28). The van der Waals surface area contributed by atoms with E-state index in [1.807, 2.05) is 19.9 Å². The molecule has 1 N–H and O–H groups in total. The van der Waals surface area contributed by atoms with Crippen LogP contribution in [0.1, 0.15) is 18.1 Å². The van der Waals surface area contributed by atoms with Crippen LogP contribution in [0.15, 0.2) is 84.3 Å². The number of nitrogens with zero attached hydrogens (tertiary/aromatic N) is 1. The fourth-order valence-corrected chi connectivity index (χ4v) is 4.37. The predicted octanol–water partition coefficient (Wildman–Crippen LogP) is 5.00. The van der Waals surface area contributed by atoms with Crippen LogP contribution < -0.4 is 9.62 Å². The molecule has 0 aliphatic rings. The van der Waals surface area contributed by atoms with Crippen LogP contribution in [0.25, 0.3) is 5.57 Å². The highest BCUT2D eigenvalue weighted by Gasteiger charge is 2.27. The second-order valence-electron chi connectivity index (χ2n) is 7.21. The third-order valence-electron chi connectivity index (χ3n) is 4.65. The van der Waals surface area contributed by atoms with E-state index in [1.54, 1.807) is 42.5 Å². The van der Waals surface area contributed by atoms with Crippen LogP contribution in [0.3, 0.4) is 0 Å². The molecule has 0 bridgehead atoms. The first-order valence-corrected chi connectivity index (χ1v) is 11.0. The molecule has 5 nitrogen and oxygen atoms in total. The Morgan fingerprint density at radius 1 is 1.03 bits per heavy atom. The topological polar surface area (TPSA) is 66.5 Å². The largest absolute Gasteiger partial charge is 0.324 e. The van der Waals surface area contributed by atoms with Crippen molar-refractivity contribution in [3.05, 3.63) is 96.3 Å². The minimum Gasteiger partial charge on any atom is -0.324 e. The Balaban J connectivity index is 1.92. The first kappa shape index (κ1) is 22.2. The molecule has 0 radical (unpaired) electrons. The van der Waals surface area contributed by atoms with Gasteiger partial charge < -0.3 is 5.32 Å². The van der Waals surface area contributed by atoms with Crippen LogP contribution in [0.4, 0.5) is 15.8 Å². The van der Waals surface area contributed by atoms with Crippen molar-refractivity contribution < 1.29 is 17.6 Å². The fraction of sp³-hybridized carbons (Fsp3) is 0.125. The third-order valence-corrected chi connectivity index (χ3v) is 6.44. The Morgan fingerprint density at radius 2 is 1.68 bits per heavy atom. The van der Waals surface area contributed by atoms with E-state index in [2.05, 4.69) is 11.9 Å². The molecule has 3 rings (SSSR count). The van der Waals surface area contributed by atoms with Gasteiger partial charge in [0, 0.05) is 5.69 Å². The number of hydrogen-bond donors (Lipinski definition) is 1. The van der Waals surface area contributed by atoms with Crippen molar-refractivity contribution in [2.45, 2.75) is 18.7 Å². The van der Waals surface area contributed by atoms with Crippen LogP contribution in [-0.4, -0.2) is 20.9 Å². The van der Waals surface area contributed by atoms with Gasteiger partial charge in [-0.3, -0.25) is 9.10 Å². The molecular formula is C24H23FN2O3S. The first-order chi connectivity index (χ1) is 14.7. The van der Waals surface area contributed by atoms with Gasteiger partial charge in [0.15, 0.2) is 0 Å². The zero-order valence-corrected chi connectivity index (χ0v) is 18.1. The molecule has 31 heavy (non-hydrogen) atoms. The number of sulfonamides is 1. The van der Waals surface area contributed by atoms with Crippen molar-refractivity contribution in [1.29, 1.82) is 0 Å². The number of rotatable bonds is 7. The van der Waals surface area contributed by atoms with E-state index in [9.17, 15) is 17.6 Å². The Kier molecular flexibility index (Phi) is 6.56. The summed E-state index contributed by atoms with van der Waals surface area (Å²) in [4.78, 5) is 12.7. The molecule has 0 aliphatic heterocycles. The third kappa shape index (κ3) is 5.38. The molecular weight excluding hydrogens is 415 g/mol. The maximum absolute atomic E-state index is 13.3. The lowest BCUT2D eigenvalue weighted by Crippen LogP contribution is -2.38. The minimum absolute atomic E-state index is 0.105. The maximum Gasteiger partial charge on any atom is 0.264 e. The summed E-state index contributed by atoms with van der Waals surface area (Å²) in [5, 5.41) is 2.74. The molecule has 0 fully saturated rings. The lowest BCUT2D eigenvalue weighted by molar-refractivity contribution is -0.114. The van der Waals surface area contributed by atoms with Crippen molar-refractivity contribution in [3.63, 3.8) is 0 Å². The van der Waals surface area contributed by atoms with Crippen molar-refractivity contribution in [3.8, 4) is 0 Å². The number of allylic oxidation sites excluding steroid dienone is 1. The number of carbonyl (C=O) groups excluding carboxylic acids is 1. The molecule has 0 aromatic heterocycles. The van der Waals surface area contributed by atoms with E-state index < -0.39 is 28.3 Å². The number of halogens is 1. The smallest absolute Gasteiger partial charge is 0.264 e. The van der Waals surface area contributed by atoms with Crippen molar-refractivity contribution >= 4 is 32.9 Å². The Labute approximate surface area is 181 Å². The molecule has 0 atom stereocenters. The predicted molar refractivity (Wildman–Crippen MR) is 122 cm³/mol. The summed E-state index contributed by atoms with van der Waals surface area (Å²) in [6.07, 6.45) is 0. The van der Waals surface area contributed by atoms with E-state index >= 15 is 0 Å². The Bertz CT molecular complexity index is 1200. The average Bonchev–Trinajstić information content (AvgIpc) is 2.73. The number of nitrogens with one attached hydrogen (secondary N) is 1. The molecule has 160 valence electrons. The first-order valence-electron chi connectivity index (χ1n) is 9.57. The number of aryl methyl sites for hydroxylation is 1. The number of hydrogen-bond acceptors (Lipinski definition) is 3. The second kappa shape index (κ2) is 9.14. The molecule has 1 amide bonds. The molecule has 0 saturated carbocycles. The van der Waals surface area contributed by atoms with Crippen molar-refractivity contribution in [2.24, 2.45) is 0 Å². The summed E-state index contributed by atoms with van der Waals surface area (Å²) < 4.78 is 40.9. The summed E-state index contributed by atoms with van der Waals surface area (Å²) in [7, 11) is -4.10. The van der Waals surface area contributed by atoms with E-state index in [4.69, 9.17) is 0 Å². The molecule has 3 aromatic carbocycles. The lowest BCUT2D eigenvalue weighted by Gasteiger charge is -2.24. The van der Waals surface area contributed by atoms with Crippen molar-refractivity contribution in [1.82, 2.24) is 0 Å². The summed E-state index contributed by atoms with van der Waals surface area (Å²) in [5.74, 6) is -1.05. The highest BCUT2D eigenvalue weighted by atomic mass is 32.2. The highest BCUT2D eigenvalue weighted by Crippen LogP contribution is 2.25. The highest BCUT2D eigenvalue weighted by molar-refractivity contribution is 7.92. The molecule has 0 heterocycles. The molecule has 0 aliphatic carbocycles. The monoisotopic (exact) mass is 438 g/mol. The normalized spacial score (nSPS) is 11.1. The van der Waals surface area contributed by atoms with E-state index in [0.717, 1.165) is 33.1 Å². The summed E-state index contributed by atoms with van der Waals surface area (Å²) in [5.41, 5.74) is 3.53. The van der Waals surface area contributed by atoms with Gasteiger partial charge in [-0.25, -0.2) is 12.8 Å². The zero-order chi connectivity index (χ0) is 22.6. The van der Waals surface area contributed by atoms with Crippen molar-refractivity contribution in [2.75, 3.05) is 16.2 Å². The molecule has 0 saturated heterocycles. The fourth-order valence-electron chi connectivity index (χ4n) is 2.95. The van der Waals surface area contributed by atoms with Crippen LogP contribution in [0.5, 0.6) is 0 Å². The maximum atomic E-state index is 13.3. The quantitative estimate of drug-likeness (QED) is 0.564. The van der Waals surface area contributed by atoms with Gasteiger partial charge in [0.1, 0.15) is 12.4 Å². The van der Waals surface area contributed by atoms with Crippen LogP contribution in [0, 0.1) is 12.7 Å². The van der Waals surface area contributed by atoms with Gasteiger partial charge in [0.05, 0.1) is 10.6 Å². The van der Waals surface area contributed by atoms with Gasteiger partial charge in [-0.1, -0.05) is 42.0 Å². The number of carbonyl (C=O) groups is 1. The van der Waals surface area contributed by atoms with E-state index in [1.165, 1.54) is 12.1 Å². The molecule has 7 heteroatoms. The lowest BCUT2D eigenvalue weighted by atomic mass is 10.1. The van der Waals surface area contributed by atoms with Crippen LogP contribution >= 0.6 is 0 Å². The summed E-state index contributed by atoms with van der Waals surface area (Å²) in [6.45, 7) is 7.18. The number of benzene rings is 3. The molecule has 3 aromatic rings. The number of anilines is 2. The van der Waals surface area contributed by atoms with Gasteiger partial charge >= 0.3 is 0 Å². The zero-order valence-electron chi connectivity index (χ0n) is 17.3. The number of amides is 1. The van der Waals surface area contributed by atoms with E-state index in [0.29, 0.717) is 11.4 Å². The van der Waals surface area contributed by atoms with Crippen LogP contribution in [0.2, 0.25) is 0 Å². The molecule has 0 spiro atoms. The average molecular weight is 439 g/mol. The van der Waals surface area contributed by atoms with Gasteiger partial charge in [-0.2, -0.15) is 0 Å².